The molecule has 0 unspecified atom stereocenters. The van der Waals surface area contributed by atoms with Gasteiger partial charge in [0, 0.05) is 12.5 Å². The minimum Gasteiger partial charge on any atom is -0.427 e. The zero-order chi connectivity index (χ0) is 15.2. The number of para-hydroxylation sites is 1. The summed E-state index contributed by atoms with van der Waals surface area (Å²) in [6, 6.07) is 11.1. The summed E-state index contributed by atoms with van der Waals surface area (Å²) in [6.07, 6.45) is -0.376. The SMILES string of the molecule is O=C(CCC(=O)c1ccc(F)cc1F)Oc1ccccc1. The Morgan fingerprint density at radius 3 is 2.33 bits per heavy atom. The molecule has 0 radical (unpaired) electrons. The molecule has 0 fully saturated rings. The quantitative estimate of drug-likeness (QED) is 0.480. The Balaban J connectivity index is 1.90. The van der Waals surface area contributed by atoms with Gasteiger partial charge in [0.2, 0.25) is 0 Å². The third kappa shape index (κ3) is 4.21. The molecular weight excluding hydrogens is 278 g/mol. The fraction of sp³-hybridized carbons (Fsp3) is 0.125. The van der Waals surface area contributed by atoms with Gasteiger partial charge < -0.3 is 4.74 Å². The number of carbonyl (C=O) groups excluding carboxylic acids is 2. The monoisotopic (exact) mass is 290 g/mol. The minimum absolute atomic E-state index is 0.176. The van der Waals surface area contributed by atoms with Crippen LogP contribution >= 0.6 is 0 Å². The highest BCUT2D eigenvalue weighted by Gasteiger charge is 2.15. The molecule has 0 saturated heterocycles. The molecule has 3 nitrogen and oxygen atoms in total. The van der Waals surface area contributed by atoms with Crippen molar-refractivity contribution in [1.29, 1.82) is 0 Å². The molecule has 108 valence electrons. The lowest BCUT2D eigenvalue weighted by molar-refractivity contribution is -0.134. The molecule has 2 aromatic rings. The Labute approximate surface area is 120 Å². The first-order chi connectivity index (χ1) is 10.1. The molecule has 0 aliphatic rings. The van der Waals surface area contributed by atoms with E-state index < -0.39 is 23.4 Å². The molecule has 0 bridgehead atoms. The summed E-state index contributed by atoms with van der Waals surface area (Å²) in [4.78, 5) is 23.3. The van der Waals surface area contributed by atoms with E-state index in [4.69, 9.17) is 4.74 Å². The summed E-state index contributed by atoms with van der Waals surface area (Å²) in [6.45, 7) is 0. The van der Waals surface area contributed by atoms with Crippen LogP contribution in [0.4, 0.5) is 8.78 Å². The van der Waals surface area contributed by atoms with Gasteiger partial charge in [0.05, 0.1) is 12.0 Å². The highest BCUT2D eigenvalue weighted by molar-refractivity contribution is 5.97. The molecule has 0 aliphatic heterocycles. The first kappa shape index (κ1) is 14.8. The Morgan fingerprint density at radius 2 is 1.67 bits per heavy atom. The molecule has 0 amide bonds. The Kier molecular flexibility index (Phi) is 4.77. The summed E-state index contributed by atoms with van der Waals surface area (Å²) in [5.41, 5.74) is -0.232. The lowest BCUT2D eigenvalue weighted by Gasteiger charge is -2.04. The average molecular weight is 290 g/mol. The molecule has 21 heavy (non-hydrogen) atoms. The zero-order valence-electron chi connectivity index (χ0n) is 11.0. The van der Waals surface area contributed by atoms with Gasteiger partial charge in [-0.05, 0) is 24.3 Å². The van der Waals surface area contributed by atoms with E-state index in [1.165, 1.54) is 0 Å². The van der Waals surface area contributed by atoms with Crippen LogP contribution in [0.25, 0.3) is 0 Å². The topological polar surface area (TPSA) is 43.4 Å². The number of benzene rings is 2. The Hall–Kier alpha value is -2.56. The predicted molar refractivity (Wildman–Crippen MR) is 72.0 cm³/mol. The van der Waals surface area contributed by atoms with Crippen molar-refractivity contribution in [2.75, 3.05) is 0 Å². The van der Waals surface area contributed by atoms with Gasteiger partial charge in [-0.15, -0.1) is 0 Å². The summed E-state index contributed by atoms with van der Waals surface area (Å²) in [5.74, 6) is -2.47. The highest BCUT2D eigenvalue weighted by atomic mass is 19.1. The Morgan fingerprint density at radius 1 is 0.952 bits per heavy atom. The summed E-state index contributed by atoms with van der Waals surface area (Å²) in [7, 11) is 0. The number of hydrogen-bond acceptors (Lipinski definition) is 3. The number of ketones is 1. The van der Waals surface area contributed by atoms with E-state index in [1.807, 2.05) is 0 Å². The first-order valence-corrected chi connectivity index (χ1v) is 6.30. The van der Waals surface area contributed by atoms with Gasteiger partial charge in [-0.2, -0.15) is 0 Å². The average Bonchev–Trinajstić information content (AvgIpc) is 2.46. The van der Waals surface area contributed by atoms with Gasteiger partial charge in [-0.3, -0.25) is 9.59 Å². The van der Waals surface area contributed by atoms with Crippen molar-refractivity contribution in [2.45, 2.75) is 12.8 Å². The van der Waals surface area contributed by atoms with Crippen LogP contribution in [-0.4, -0.2) is 11.8 Å². The molecule has 0 atom stereocenters. The van der Waals surface area contributed by atoms with Crippen molar-refractivity contribution in [2.24, 2.45) is 0 Å². The summed E-state index contributed by atoms with van der Waals surface area (Å²) in [5, 5.41) is 0. The van der Waals surface area contributed by atoms with Crippen LogP contribution in [0.2, 0.25) is 0 Å². The number of rotatable bonds is 5. The standard InChI is InChI=1S/C16H12F2O3/c17-11-6-7-13(14(18)10-11)15(19)8-9-16(20)21-12-4-2-1-3-5-12/h1-7,10H,8-9H2. The van der Waals surface area contributed by atoms with Crippen molar-refractivity contribution in [3.05, 3.63) is 65.7 Å². The number of halogens is 2. The second-order valence-corrected chi connectivity index (χ2v) is 4.33. The molecule has 5 heteroatoms. The van der Waals surface area contributed by atoms with Crippen LogP contribution in [0.1, 0.15) is 23.2 Å². The van der Waals surface area contributed by atoms with Crippen molar-refractivity contribution < 1.29 is 23.1 Å². The van der Waals surface area contributed by atoms with E-state index in [0.29, 0.717) is 11.8 Å². The smallest absolute Gasteiger partial charge is 0.311 e. The van der Waals surface area contributed by atoms with E-state index in [1.54, 1.807) is 30.3 Å². The van der Waals surface area contributed by atoms with Gasteiger partial charge in [0.25, 0.3) is 0 Å². The largest absolute Gasteiger partial charge is 0.427 e. The van der Waals surface area contributed by atoms with E-state index in [9.17, 15) is 18.4 Å². The molecular formula is C16H12F2O3. The molecule has 2 rings (SSSR count). The van der Waals surface area contributed by atoms with Crippen molar-refractivity contribution in [1.82, 2.24) is 0 Å². The third-order valence-electron chi connectivity index (χ3n) is 2.76. The Bertz CT molecular complexity index is 654. The molecule has 0 spiro atoms. The van der Waals surface area contributed by atoms with E-state index in [2.05, 4.69) is 0 Å². The molecule has 0 saturated carbocycles. The maximum absolute atomic E-state index is 13.4. The van der Waals surface area contributed by atoms with Crippen LogP contribution in [0.5, 0.6) is 5.75 Å². The fourth-order valence-electron chi connectivity index (χ4n) is 1.74. The van der Waals surface area contributed by atoms with Crippen molar-refractivity contribution >= 4 is 11.8 Å². The first-order valence-electron chi connectivity index (χ1n) is 6.30. The van der Waals surface area contributed by atoms with Crippen LogP contribution in [0, 0.1) is 11.6 Å². The van der Waals surface area contributed by atoms with E-state index in [-0.39, 0.29) is 18.4 Å². The second kappa shape index (κ2) is 6.74. The van der Waals surface area contributed by atoms with Gasteiger partial charge in [0.1, 0.15) is 17.4 Å². The number of carbonyl (C=O) groups is 2. The lowest BCUT2D eigenvalue weighted by Crippen LogP contribution is -2.11. The number of ether oxygens (including phenoxy) is 1. The molecule has 0 N–H and O–H groups in total. The van der Waals surface area contributed by atoms with Crippen molar-refractivity contribution in [3.8, 4) is 5.75 Å². The van der Waals surface area contributed by atoms with Crippen LogP contribution < -0.4 is 4.74 Å². The predicted octanol–water partition coefficient (Wildman–Crippen LogP) is 3.53. The van der Waals surface area contributed by atoms with Crippen molar-refractivity contribution in [3.63, 3.8) is 0 Å². The van der Waals surface area contributed by atoms with Crippen LogP contribution in [0.15, 0.2) is 48.5 Å². The molecule has 0 aliphatic carbocycles. The van der Waals surface area contributed by atoms with E-state index >= 15 is 0 Å². The van der Waals surface area contributed by atoms with Gasteiger partial charge >= 0.3 is 5.97 Å². The van der Waals surface area contributed by atoms with Crippen LogP contribution in [0.3, 0.4) is 0 Å². The number of Topliss-reactive ketones (excluding diaryl/α,β-unsaturated/α-hetero) is 1. The second-order valence-electron chi connectivity index (χ2n) is 4.33. The number of esters is 1. The van der Waals surface area contributed by atoms with Crippen LogP contribution in [-0.2, 0) is 4.79 Å². The molecule has 0 aromatic heterocycles. The van der Waals surface area contributed by atoms with Gasteiger partial charge in [-0.1, -0.05) is 18.2 Å². The summed E-state index contributed by atoms with van der Waals surface area (Å²) >= 11 is 0. The third-order valence-corrected chi connectivity index (χ3v) is 2.76. The zero-order valence-corrected chi connectivity index (χ0v) is 11.0. The summed E-state index contributed by atoms with van der Waals surface area (Å²) < 4.78 is 31.1. The van der Waals surface area contributed by atoms with E-state index in [0.717, 1.165) is 12.1 Å². The molecule has 0 heterocycles. The normalized spacial score (nSPS) is 10.2. The number of hydrogen-bond donors (Lipinski definition) is 0. The molecule has 2 aromatic carbocycles. The lowest BCUT2D eigenvalue weighted by atomic mass is 10.1. The minimum atomic E-state index is -0.934. The maximum atomic E-state index is 13.4. The fourth-order valence-corrected chi connectivity index (χ4v) is 1.74. The highest BCUT2D eigenvalue weighted by Crippen LogP contribution is 2.14. The maximum Gasteiger partial charge on any atom is 0.311 e. The van der Waals surface area contributed by atoms with Gasteiger partial charge in [0.15, 0.2) is 5.78 Å². The van der Waals surface area contributed by atoms with Gasteiger partial charge in [-0.25, -0.2) is 8.78 Å².